The lowest BCUT2D eigenvalue weighted by atomic mass is 10.2. The normalized spacial score (nSPS) is 24.6. The molecule has 1 saturated heterocycles. The van der Waals surface area contributed by atoms with Crippen LogP contribution >= 0.6 is 10.7 Å². The van der Waals surface area contributed by atoms with Gasteiger partial charge in [-0.3, -0.25) is 4.79 Å². The molecule has 1 unspecified atom stereocenters. The van der Waals surface area contributed by atoms with E-state index in [1.165, 1.54) is 7.11 Å². The van der Waals surface area contributed by atoms with Gasteiger partial charge in [-0.05, 0) is 12.8 Å². The summed E-state index contributed by atoms with van der Waals surface area (Å²) in [7, 11) is 2.55. The van der Waals surface area contributed by atoms with Crippen LogP contribution in [-0.4, -0.2) is 38.4 Å². The molecule has 1 heterocycles. The number of ether oxygens (including phenoxy) is 1. The molecule has 1 fully saturated rings. The maximum atomic E-state index is 11.1. The fraction of sp³-hybridized carbons (Fsp3) is 0.833. The van der Waals surface area contributed by atoms with Gasteiger partial charge in [-0.25, -0.2) is 0 Å². The van der Waals surface area contributed by atoms with Gasteiger partial charge in [0.1, 0.15) is 6.04 Å². The van der Waals surface area contributed by atoms with Crippen molar-refractivity contribution >= 4 is 25.9 Å². The van der Waals surface area contributed by atoms with Gasteiger partial charge in [0.2, 0.25) is 0 Å². The minimum absolute atomic E-state index is 0.283. The zero-order chi connectivity index (χ0) is 10.1. The second-order valence-electron chi connectivity index (χ2n) is 2.73. The van der Waals surface area contributed by atoms with E-state index in [1.54, 1.807) is 0 Å². The van der Waals surface area contributed by atoms with Crippen molar-refractivity contribution in [3.05, 3.63) is 0 Å². The van der Waals surface area contributed by atoms with Gasteiger partial charge < -0.3 is 4.74 Å². The maximum absolute atomic E-state index is 11.1. The van der Waals surface area contributed by atoms with E-state index in [9.17, 15) is 13.2 Å². The minimum Gasteiger partial charge on any atom is -0.468 e. The molecule has 0 spiro atoms. The van der Waals surface area contributed by atoms with E-state index in [1.807, 2.05) is 0 Å². The molecule has 0 N–H and O–H groups in total. The van der Waals surface area contributed by atoms with E-state index in [0.717, 1.165) is 4.31 Å². The van der Waals surface area contributed by atoms with Gasteiger partial charge in [-0.1, -0.05) is 0 Å². The molecule has 7 heteroatoms. The van der Waals surface area contributed by atoms with Crippen LogP contribution in [0.25, 0.3) is 0 Å². The number of carbonyl (C=O) groups excluding carboxylic acids is 1. The van der Waals surface area contributed by atoms with Crippen LogP contribution in [0.5, 0.6) is 0 Å². The summed E-state index contributed by atoms with van der Waals surface area (Å²) in [6.07, 6.45) is 1.10. The quantitative estimate of drug-likeness (QED) is 0.496. The van der Waals surface area contributed by atoms with Crippen LogP contribution in [-0.2, 0) is 18.8 Å². The van der Waals surface area contributed by atoms with Gasteiger partial charge in [-0.15, -0.1) is 0 Å². The summed E-state index contributed by atoms with van der Waals surface area (Å²) >= 11 is 0. The first kappa shape index (κ1) is 10.7. The maximum Gasteiger partial charge on any atom is 0.324 e. The molecular weight excluding hydrogens is 218 g/mol. The molecule has 0 aliphatic carbocycles. The molecule has 0 aromatic rings. The number of methoxy groups -OCH3 is 1. The highest BCUT2D eigenvalue weighted by Gasteiger charge is 2.38. The van der Waals surface area contributed by atoms with E-state index in [2.05, 4.69) is 4.74 Å². The Morgan fingerprint density at radius 2 is 2.23 bits per heavy atom. The predicted molar refractivity (Wildman–Crippen MR) is 46.5 cm³/mol. The summed E-state index contributed by atoms with van der Waals surface area (Å²) < 4.78 is 27.3. The lowest BCUT2D eigenvalue weighted by Crippen LogP contribution is -2.38. The van der Waals surface area contributed by atoms with Crippen LogP contribution in [0.3, 0.4) is 0 Å². The summed E-state index contributed by atoms with van der Waals surface area (Å²) in [5.41, 5.74) is 0. The van der Waals surface area contributed by atoms with Crippen molar-refractivity contribution < 1.29 is 17.9 Å². The Labute approximate surface area is 81.2 Å². The smallest absolute Gasteiger partial charge is 0.324 e. The van der Waals surface area contributed by atoms with Gasteiger partial charge in [0.05, 0.1) is 7.11 Å². The van der Waals surface area contributed by atoms with Gasteiger partial charge in [0.15, 0.2) is 0 Å². The number of halogens is 1. The highest BCUT2D eigenvalue weighted by atomic mass is 35.7. The van der Waals surface area contributed by atoms with Crippen molar-refractivity contribution in [2.45, 2.75) is 18.9 Å². The summed E-state index contributed by atoms with van der Waals surface area (Å²) in [6.45, 7) is 0.283. The Morgan fingerprint density at radius 3 is 2.69 bits per heavy atom. The molecule has 0 radical (unpaired) electrons. The minimum atomic E-state index is -3.80. The zero-order valence-corrected chi connectivity index (χ0v) is 8.64. The van der Waals surface area contributed by atoms with Crippen molar-refractivity contribution in [2.75, 3.05) is 13.7 Å². The Hall–Kier alpha value is -0.330. The van der Waals surface area contributed by atoms with Gasteiger partial charge in [0, 0.05) is 17.2 Å². The fourth-order valence-corrected chi connectivity index (χ4v) is 2.71. The molecule has 0 bridgehead atoms. The average Bonchev–Trinajstić information content (AvgIpc) is 2.49. The second-order valence-corrected chi connectivity index (χ2v) is 5.20. The van der Waals surface area contributed by atoms with E-state index in [4.69, 9.17) is 10.7 Å². The first-order chi connectivity index (χ1) is 5.96. The second kappa shape index (κ2) is 3.81. The summed E-state index contributed by atoms with van der Waals surface area (Å²) in [5.74, 6) is -0.554. The third kappa shape index (κ3) is 2.32. The molecule has 1 rings (SSSR count). The van der Waals surface area contributed by atoms with Crippen LogP contribution in [0.4, 0.5) is 0 Å². The van der Waals surface area contributed by atoms with E-state index in [-0.39, 0.29) is 6.54 Å². The Bertz CT molecular complexity index is 302. The Balaban J connectivity index is 2.82. The summed E-state index contributed by atoms with van der Waals surface area (Å²) in [4.78, 5) is 11.1. The van der Waals surface area contributed by atoms with Crippen molar-refractivity contribution in [1.82, 2.24) is 4.31 Å². The third-order valence-electron chi connectivity index (χ3n) is 1.96. The van der Waals surface area contributed by atoms with Crippen LogP contribution in [0.15, 0.2) is 0 Å². The standard InChI is InChI=1S/C6H10ClNO4S/c1-12-6(9)5-3-2-4-8(5)13(7,10)11/h5H,2-4H2,1H3. The van der Waals surface area contributed by atoms with Crippen LogP contribution in [0.2, 0.25) is 0 Å². The van der Waals surface area contributed by atoms with Crippen molar-refractivity contribution in [3.8, 4) is 0 Å². The number of nitrogens with zero attached hydrogens (tertiary/aromatic N) is 1. The Kier molecular flexibility index (Phi) is 3.15. The van der Waals surface area contributed by atoms with E-state index in [0.29, 0.717) is 12.8 Å². The van der Waals surface area contributed by atoms with Crippen LogP contribution < -0.4 is 0 Å². The molecule has 0 amide bonds. The largest absolute Gasteiger partial charge is 0.468 e. The van der Waals surface area contributed by atoms with E-state index < -0.39 is 21.2 Å². The molecule has 0 aromatic carbocycles. The Morgan fingerprint density at radius 1 is 1.62 bits per heavy atom. The average molecular weight is 228 g/mol. The molecule has 1 atom stereocenters. The number of esters is 1. The van der Waals surface area contributed by atoms with Crippen molar-refractivity contribution in [1.29, 1.82) is 0 Å². The van der Waals surface area contributed by atoms with E-state index >= 15 is 0 Å². The van der Waals surface area contributed by atoms with Crippen molar-refractivity contribution in [2.24, 2.45) is 0 Å². The highest BCUT2D eigenvalue weighted by Crippen LogP contribution is 2.23. The number of hydrogen-bond acceptors (Lipinski definition) is 4. The van der Waals surface area contributed by atoms with Crippen LogP contribution in [0.1, 0.15) is 12.8 Å². The van der Waals surface area contributed by atoms with Crippen molar-refractivity contribution in [3.63, 3.8) is 0 Å². The molecule has 0 saturated carbocycles. The fourth-order valence-electron chi connectivity index (χ4n) is 1.37. The van der Waals surface area contributed by atoms with Crippen LogP contribution in [0, 0.1) is 0 Å². The molecule has 76 valence electrons. The third-order valence-corrected chi connectivity index (χ3v) is 3.49. The lowest BCUT2D eigenvalue weighted by Gasteiger charge is -2.17. The molecular formula is C6H10ClNO4S. The predicted octanol–water partition coefficient (Wildman–Crippen LogP) is 0.107. The monoisotopic (exact) mass is 227 g/mol. The first-order valence-electron chi connectivity index (χ1n) is 3.76. The highest BCUT2D eigenvalue weighted by molar-refractivity contribution is 8.11. The molecule has 5 nitrogen and oxygen atoms in total. The topological polar surface area (TPSA) is 63.7 Å². The summed E-state index contributed by atoms with van der Waals surface area (Å²) in [5, 5.41) is 0. The molecule has 13 heavy (non-hydrogen) atoms. The SMILES string of the molecule is COC(=O)C1CCCN1S(=O)(=O)Cl. The number of carbonyl (C=O) groups is 1. The molecule has 1 aliphatic heterocycles. The first-order valence-corrected chi connectivity index (χ1v) is 6.02. The lowest BCUT2D eigenvalue weighted by molar-refractivity contribution is -0.144. The molecule has 1 aliphatic rings. The number of hydrogen-bond donors (Lipinski definition) is 0. The zero-order valence-electron chi connectivity index (χ0n) is 7.07. The van der Waals surface area contributed by atoms with Gasteiger partial charge in [0.25, 0.3) is 0 Å². The van der Waals surface area contributed by atoms with Gasteiger partial charge in [-0.2, -0.15) is 12.7 Å². The number of rotatable bonds is 2. The molecule has 0 aromatic heterocycles. The van der Waals surface area contributed by atoms with Gasteiger partial charge >= 0.3 is 15.2 Å². The summed E-state index contributed by atoms with van der Waals surface area (Å²) in [6, 6.07) is -0.743.